The van der Waals surface area contributed by atoms with Gasteiger partial charge in [-0.15, -0.1) is 11.3 Å². The van der Waals surface area contributed by atoms with Crippen LogP contribution in [0.5, 0.6) is 5.75 Å². The zero-order chi connectivity index (χ0) is 14.7. The van der Waals surface area contributed by atoms with E-state index in [-0.39, 0.29) is 5.91 Å². The molecular weight excluding hydrogens is 282 g/mol. The van der Waals surface area contributed by atoms with Crippen LogP contribution in [0.4, 0.5) is 0 Å². The van der Waals surface area contributed by atoms with Gasteiger partial charge in [0, 0.05) is 24.0 Å². The molecule has 4 heteroatoms. The van der Waals surface area contributed by atoms with Crippen LogP contribution in [0, 0.1) is 0 Å². The van der Waals surface area contributed by atoms with Crippen LogP contribution < -0.4 is 4.74 Å². The van der Waals surface area contributed by atoms with E-state index in [1.165, 1.54) is 10.4 Å². The van der Waals surface area contributed by atoms with E-state index in [9.17, 15) is 4.79 Å². The zero-order valence-electron chi connectivity index (χ0n) is 11.9. The van der Waals surface area contributed by atoms with Crippen molar-refractivity contribution in [1.29, 1.82) is 0 Å². The van der Waals surface area contributed by atoms with Gasteiger partial charge in [-0.3, -0.25) is 4.79 Å². The Morgan fingerprint density at radius 1 is 1.38 bits per heavy atom. The molecule has 0 saturated carbocycles. The number of methoxy groups -OCH3 is 1. The number of carbonyl (C=O) groups excluding carboxylic acids is 1. The molecule has 0 spiro atoms. The Morgan fingerprint density at radius 2 is 2.29 bits per heavy atom. The minimum Gasteiger partial charge on any atom is -0.497 e. The topological polar surface area (TPSA) is 29.5 Å². The van der Waals surface area contributed by atoms with Crippen molar-refractivity contribution < 1.29 is 9.53 Å². The van der Waals surface area contributed by atoms with Gasteiger partial charge in [0.1, 0.15) is 5.75 Å². The third kappa shape index (κ3) is 3.16. The van der Waals surface area contributed by atoms with Crippen molar-refractivity contribution in [3.05, 3.63) is 57.8 Å². The number of rotatable bonds is 3. The quantitative estimate of drug-likeness (QED) is 0.813. The van der Waals surface area contributed by atoms with Crippen molar-refractivity contribution in [2.24, 2.45) is 0 Å². The van der Waals surface area contributed by atoms with Gasteiger partial charge in [0.25, 0.3) is 0 Å². The van der Waals surface area contributed by atoms with E-state index < -0.39 is 0 Å². The predicted octanol–water partition coefficient (Wildman–Crippen LogP) is 3.35. The van der Waals surface area contributed by atoms with E-state index in [2.05, 4.69) is 11.4 Å². The number of nitrogens with zero attached hydrogens (tertiary/aromatic N) is 1. The molecule has 2 heterocycles. The summed E-state index contributed by atoms with van der Waals surface area (Å²) in [6.07, 6.45) is 4.45. The maximum absolute atomic E-state index is 12.3. The molecule has 1 aromatic carbocycles. The first-order valence-electron chi connectivity index (χ1n) is 6.92. The standard InChI is InChI=1S/C17H17NO2S/c1-20-15-4-2-3-13(11-15)5-6-17(19)18-9-7-16-14(12-18)8-10-21-16/h2-6,8,10-11H,7,9,12H2,1H3/b6-5+. The van der Waals surface area contributed by atoms with E-state index >= 15 is 0 Å². The summed E-state index contributed by atoms with van der Waals surface area (Å²) in [5.41, 5.74) is 2.25. The van der Waals surface area contributed by atoms with Gasteiger partial charge in [-0.25, -0.2) is 0 Å². The van der Waals surface area contributed by atoms with Gasteiger partial charge in [-0.2, -0.15) is 0 Å². The normalized spacial score (nSPS) is 14.2. The average Bonchev–Trinajstić information content (AvgIpc) is 3.00. The number of thiophene rings is 1. The Balaban J connectivity index is 1.67. The molecule has 1 amide bonds. The number of carbonyl (C=O) groups is 1. The Morgan fingerprint density at radius 3 is 3.14 bits per heavy atom. The van der Waals surface area contributed by atoms with Crippen molar-refractivity contribution in [3.63, 3.8) is 0 Å². The van der Waals surface area contributed by atoms with Gasteiger partial charge >= 0.3 is 0 Å². The van der Waals surface area contributed by atoms with E-state index in [0.717, 1.165) is 30.8 Å². The van der Waals surface area contributed by atoms with Crippen molar-refractivity contribution in [2.75, 3.05) is 13.7 Å². The highest BCUT2D eigenvalue weighted by atomic mass is 32.1. The highest BCUT2D eigenvalue weighted by molar-refractivity contribution is 7.10. The number of amides is 1. The molecule has 1 aromatic heterocycles. The van der Waals surface area contributed by atoms with Crippen molar-refractivity contribution in [2.45, 2.75) is 13.0 Å². The molecule has 0 bridgehead atoms. The summed E-state index contributed by atoms with van der Waals surface area (Å²) in [6.45, 7) is 1.52. The molecule has 1 aliphatic rings. The van der Waals surface area contributed by atoms with E-state index in [1.807, 2.05) is 35.2 Å². The number of ether oxygens (including phenoxy) is 1. The number of hydrogen-bond acceptors (Lipinski definition) is 3. The number of hydrogen-bond donors (Lipinski definition) is 0. The molecule has 108 valence electrons. The summed E-state index contributed by atoms with van der Waals surface area (Å²) in [5, 5.41) is 2.10. The fourth-order valence-electron chi connectivity index (χ4n) is 2.45. The van der Waals surface area contributed by atoms with Crippen molar-refractivity contribution in [3.8, 4) is 5.75 Å². The second-order valence-electron chi connectivity index (χ2n) is 4.99. The zero-order valence-corrected chi connectivity index (χ0v) is 12.7. The highest BCUT2D eigenvalue weighted by Gasteiger charge is 2.19. The monoisotopic (exact) mass is 299 g/mol. The van der Waals surface area contributed by atoms with E-state index in [1.54, 1.807) is 24.5 Å². The Labute approximate surface area is 128 Å². The third-order valence-electron chi connectivity index (χ3n) is 3.63. The van der Waals surface area contributed by atoms with Gasteiger partial charge in [0.05, 0.1) is 7.11 Å². The molecule has 2 aromatic rings. The van der Waals surface area contributed by atoms with Crippen LogP contribution in [-0.2, 0) is 17.8 Å². The second-order valence-corrected chi connectivity index (χ2v) is 5.99. The molecule has 3 nitrogen and oxygen atoms in total. The number of fused-ring (bicyclic) bond motifs is 1. The van der Waals surface area contributed by atoms with E-state index in [4.69, 9.17) is 4.74 Å². The molecule has 3 rings (SSSR count). The summed E-state index contributed by atoms with van der Waals surface area (Å²) in [6, 6.07) is 9.80. The maximum Gasteiger partial charge on any atom is 0.246 e. The lowest BCUT2D eigenvalue weighted by atomic mass is 10.1. The average molecular weight is 299 g/mol. The molecule has 1 aliphatic heterocycles. The largest absolute Gasteiger partial charge is 0.497 e. The Bertz CT molecular complexity index is 675. The van der Waals surface area contributed by atoms with Gasteiger partial charge in [0.15, 0.2) is 0 Å². The summed E-state index contributed by atoms with van der Waals surface area (Å²) < 4.78 is 5.18. The van der Waals surface area contributed by atoms with Crippen LogP contribution in [0.1, 0.15) is 16.0 Å². The molecule has 0 aliphatic carbocycles. The lowest BCUT2D eigenvalue weighted by Crippen LogP contribution is -2.34. The molecular formula is C17H17NO2S. The van der Waals surface area contributed by atoms with Crippen LogP contribution in [0.3, 0.4) is 0 Å². The minimum absolute atomic E-state index is 0.0645. The highest BCUT2D eigenvalue weighted by Crippen LogP contribution is 2.24. The molecule has 0 fully saturated rings. The van der Waals surface area contributed by atoms with Crippen molar-refractivity contribution >= 4 is 23.3 Å². The fourth-order valence-corrected chi connectivity index (χ4v) is 3.34. The minimum atomic E-state index is 0.0645. The van der Waals surface area contributed by atoms with Gasteiger partial charge in [0.2, 0.25) is 5.91 Å². The Hall–Kier alpha value is -2.07. The first-order chi connectivity index (χ1) is 10.3. The lowest BCUT2D eigenvalue weighted by Gasteiger charge is -2.25. The molecule has 21 heavy (non-hydrogen) atoms. The molecule has 0 unspecified atom stereocenters. The summed E-state index contributed by atoms with van der Waals surface area (Å²) in [7, 11) is 1.64. The van der Waals surface area contributed by atoms with Crippen LogP contribution in [0.25, 0.3) is 6.08 Å². The van der Waals surface area contributed by atoms with Crippen molar-refractivity contribution in [1.82, 2.24) is 4.90 Å². The van der Waals surface area contributed by atoms with Gasteiger partial charge < -0.3 is 9.64 Å². The Kier molecular flexibility index (Phi) is 4.06. The van der Waals surface area contributed by atoms with Crippen LogP contribution in [-0.4, -0.2) is 24.5 Å². The third-order valence-corrected chi connectivity index (χ3v) is 4.65. The van der Waals surface area contributed by atoms with E-state index in [0.29, 0.717) is 0 Å². The molecule has 0 radical (unpaired) electrons. The summed E-state index contributed by atoms with van der Waals surface area (Å²) >= 11 is 1.78. The van der Waals surface area contributed by atoms with Crippen LogP contribution in [0.2, 0.25) is 0 Å². The van der Waals surface area contributed by atoms with Crippen LogP contribution >= 0.6 is 11.3 Å². The SMILES string of the molecule is COc1cccc(/C=C/C(=O)N2CCc3sccc3C2)c1. The second kappa shape index (κ2) is 6.14. The molecule has 0 saturated heterocycles. The fraction of sp³-hybridized carbons (Fsp3) is 0.235. The summed E-state index contributed by atoms with van der Waals surface area (Å²) in [4.78, 5) is 15.6. The van der Waals surface area contributed by atoms with Crippen LogP contribution in [0.15, 0.2) is 41.8 Å². The predicted molar refractivity (Wildman–Crippen MR) is 85.5 cm³/mol. The van der Waals surface area contributed by atoms with Gasteiger partial charge in [-0.1, -0.05) is 12.1 Å². The lowest BCUT2D eigenvalue weighted by molar-refractivity contribution is -0.126. The van der Waals surface area contributed by atoms with Gasteiger partial charge in [-0.05, 0) is 47.2 Å². The molecule has 0 N–H and O–H groups in total. The first kappa shape index (κ1) is 13.9. The smallest absolute Gasteiger partial charge is 0.246 e. The summed E-state index contributed by atoms with van der Waals surface area (Å²) in [5.74, 6) is 0.861. The first-order valence-corrected chi connectivity index (χ1v) is 7.80. The maximum atomic E-state index is 12.3. The molecule has 0 atom stereocenters. The number of benzene rings is 1.